The van der Waals surface area contributed by atoms with Crippen LogP contribution in [0.2, 0.25) is 5.02 Å². The Labute approximate surface area is 149 Å². The summed E-state index contributed by atoms with van der Waals surface area (Å²) in [7, 11) is 0. The highest BCUT2D eigenvalue weighted by atomic mass is 35.5. The third-order valence-electron chi connectivity index (χ3n) is 3.55. The third-order valence-corrected chi connectivity index (χ3v) is 3.80. The van der Waals surface area contributed by atoms with Crippen LogP contribution in [-0.4, -0.2) is 22.7 Å². The summed E-state index contributed by atoms with van der Waals surface area (Å²) in [6.07, 6.45) is -0.0217. The normalized spacial score (nSPS) is 10.6. The molecule has 0 amide bonds. The first-order chi connectivity index (χ1) is 12.1. The number of nitrogens with zero attached hydrogens (tertiary/aromatic N) is 1. The van der Waals surface area contributed by atoms with Crippen LogP contribution in [0, 0.1) is 0 Å². The molecule has 1 N–H and O–H groups in total. The predicted octanol–water partition coefficient (Wildman–Crippen LogP) is 4.69. The molecule has 0 spiro atoms. The van der Waals surface area contributed by atoms with Crippen molar-refractivity contribution in [3.63, 3.8) is 0 Å². The number of rotatable bonds is 6. The lowest BCUT2D eigenvalue weighted by molar-refractivity contribution is -0.136. The molecular weight excluding hydrogens is 342 g/mol. The zero-order valence-corrected chi connectivity index (χ0v) is 14.3. The van der Waals surface area contributed by atoms with Gasteiger partial charge in [0.15, 0.2) is 5.69 Å². The van der Waals surface area contributed by atoms with Gasteiger partial charge in [-0.15, -0.1) is 0 Å². The highest BCUT2D eigenvalue weighted by molar-refractivity contribution is 6.30. The molecule has 3 rings (SSSR count). The van der Waals surface area contributed by atoms with Crippen LogP contribution in [0.5, 0.6) is 5.95 Å². The molecule has 0 aliphatic rings. The Balaban J connectivity index is 1.95. The van der Waals surface area contributed by atoms with E-state index in [1.165, 1.54) is 0 Å². The molecule has 3 aromatic rings. The number of hydrogen-bond donors (Lipinski definition) is 1. The quantitative estimate of drug-likeness (QED) is 0.693. The predicted molar refractivity (Wildman–Crippen MR) is 94.9 cm³/mol. The number of aliphatic carboxylic acids is 1. The van der Waals surface area contributed by atoms with Gasteiger partial charge in [0.2, 0.25) is 5.89 Å². The van der Waals surface area contributed by atoms with Gasteiger partial charge in [-0.1, -0.05) is 35.9 Å². The van der Waals surface area contributed by atoms with Crippen LogP contribution in [0.1, 0.15) is 12.5 Å². The Morgan fingerprint density at radius 1 is 1.12 bits per heavy atom. The molecule has 5 nitrogen and oxygen atoms in total. The van der Waals surface area contributed by atoms with Gasteiger partial charge < -0.3 is 14.3 Å². The molecule has 0 saturated heterocycles. The van der Waals surface area contributed by atoms with Crippen molar-refractivity contribution in [1.82, 2.24) is 4.98 Å². The standard InChI is InChI=1S/C19H16ClNO4/c1-2-24-19-17(13-7-9-15(20)10-8-13)21-18(25-19)14-5-3-12(4-6-14)11-16(22)23/h3-10H,2,11H2,1H3,(H,22,23). The molecule has 0 fully saturated rings. The second-order valence-electron chi connectivity index (χ2n) is 5.36. The summed E-state index contributed by atoms with van der Waals surface area (Å²) in [6.45, 7) is 2.32. The average molecular weight is 358 g/mol. The third kappa shape index (κ3) is 4.00. The summed E-state index contributed by atoms with van der Waals surface area (Å²) < 4.78 is 11.3. The maximum Gasteiger partial charge on any atom is 0.313 e. The van der Waals surface area contributed by atoms with Crippen LogP contribution in [0.4, 0.5) is 0 Å². The fourth-order valence-electron chi connectivity index (χ4n) is 2.39. The molecular formula is C19H16ClNO4. The molecule has 0 aliphatic carbocycles. The zero-order valence-electron chi connectivity index (χ0n) is 13.5. The molecule has 0 atom stereocenters. The van der Waals surface area contributed by atoms with Crippen LogP contribution in [-0.2, 0) is 11.2 Å². The average Bonchev–Trinajstić information content (AvgIpc) is 3.00. The number of halogens is 1. The molecule has 6 heteroatoms. The molecule has 1 aromatic heterocycles. The van der Waals surface area contributed by atoms with Crippen molar-refractivity contribution >= 4 is 17.6 Å². The van der Waals surface area contributed by atoms with Crippen LogP contribution in [0.15, 0.2) is 52.9 Å². The molecule has 1 heterocycles. The van der Waals surface area contributed by atoms with Gasteiger partial charge in [0, 0.05) is 16.1 Å². The smallest absolute Gasteiger partial charge is 0.313 e. The summed E-state index contributed by atoms with van der Waals surface area (Å²) in [6, 6.07) is 14.3. The van der Waals surface area contributed by atoms with Crippen molar-refractivity contribution in [2.45, 2.75) is 13.3 Å². The van der Waals surface area contributed by atoms with Crippen molar-refractivity contribution in [3.05, 3.63) is 59.1 Å². The second kappa shape index (κ2) is 7.40. The lowest BCUT2D eigenvalue weighted by atomic mass is 10.1. The first-order valence-electron chi connectivity index (χ1n) is 7.77. The van der Waals surface area contributed by atoms with Crippen LogP contribution >= 0.6 is 11.6 Å². The van der Waals surface area contributed by atoms with E-state index in [4.69, 9.17) is 25.9 Å². The highest BCUT2D eigenvalue weighted by Gasteiger charge is 2.17. The largest absolute Gasteiger partial charge is 0.481 e. The van der Waals surface area contributed by atoms with E-state index in [0.717, 1.165) is 11.1 Å². The summed E-state index contributed by atoms with van der Waals surface area (Å²) in [5.41, 5.74) is 2.90. The summed E-state index contributed by atoms with van der Waals surface area (Å²) in [4.78, 5) is 15.3. The molecule has 0 radical (unpaired) electrons. The van der Waals surface area contributed by atoms with Crippen molar-refractivity contribution in [1.29, 1.82) is 0 Å². The van der Waals surface area contributed by atoms with Gasteiger partial charge in [-0.25, -0.2) is 4.98 Å². The second-order valence-corrected chi connectivity index (χ2v) is 5.80. The topological polar surface area (TPSA) is 72.6 Å². The lowest BCUT2D eigenvalue weighted by Gasteiger charge is -2.01. The van der Waals surface area contributed by atoms with Crippen molar-refractivity contribution in [2.24, 2.45) is 0 Å². The van der Waals surface area contributed by atoms with Crippen LogP contribution < -0.4 is 4.74 Å². The Bertz CT molecular complexity index is 869. The van der Waals surface area contributed by atoms with Crippen molar-refractivity contribution < 1.29 is 19.1 Å². The number of ether oxygens (including phenoxy) is 1. The minimum absolute atomic E-state index is 0.0217. The van der Waals surface area contributed by atoms with E-state index < -0.39 is 5.97 Å². The Morgan fingerprint density at radius 2 is 1.76 bits per heavy atom. The molecule has 0 aliphatic heterocycles. The maximum absolute atomic E-state index is 10.8. The number of carboxylic acid groups (broad SMARTS) is 1. The van der Waals surface area contributed by atoms with Gasteiger partial charge in [-0.3, -0.25) is 4.79 Å². The van der Waals surface area contributed by atoms with E-state index in [0.29, 0.717) is 34.7 Å². The number of oxazole rings is 1. The van der Waals surface area contributed by atoms with Gasteiger partial charge in [0.25, 0.3) is 0 Å². The number of benzene rings is 2. The van der Waals surface area contributed by atoms with E-state index in [1.54, 1.807) is 36.4 Å². The van der Waals surface area contributed by atoms with Crippen molar-refractivity contribution in [3.8, 4) is 28.7 Å². The Hall–Kier alpha value is -2.79. The van der Waals surface area contributed by atoms with Crippen molar-refractivity contribution in [2.75, 3.05) is 6.61 Å². The zero-order chi connectivity index (χ0) is 17.8. The van der Waals surface area contributed by atoms with Gasteiger partial charge in [0.1, 0.15) is 0 Å². The Morgan fingerprint density at radius 3 is 2.36 bits per heavy atom. The summed E-state index contributed by atoms with van der Waals surface area (Å²) in [5.74, 6) is -0.114. The summed E-state index contributed by atoms with van der Waals surface area (Å²) >= 11 is 5.94. The van der Waals surface area contributed by atoms with Gasteiger partial charge in [-0.05, 0) is 36.8 Å². The number of carboxylic acids is 1. The molecule has 25 heavy (non-hydrogen) atoms. The number of hydrogen-bond acceptors (Lipinski definition) is 4. The molecule has 0 unspecified atom stereocenters. The molecule has 0 saturated carbocycles. The monoisotopic (exact) mass is 357 g/mol. The SMILES string of the molecule is CCOc1oc(-c2ccc(CC(=O)O)cc2)nc1-c1ccc(Cl)cc1. The minimum atomic E-state index is -0.868. The van der Waals surface area contributed by atoms with Gasteiger partial charge >= 0.3 is 11.9 Å². The fraction of sp³-hybridized carbons (Fsp3) is 0.158. The van der Waals surface area contributed by atoms with E-state index in [1.807, 2.05) is 19.1 Å². The van der Waals surface area contributed by atoms with E-state index in [-0.39, 0.29) is 6.42 Å². The van der Waals surface area contributed by atoms with Gasteiger partial charge in [0.05, 0.1) is 13.0 Å². The molecule has 2 aromatic carbocycles. The maximum atomic E-state index is 10.8. The first-order valence-corrected chi connectivity index (χ1v) is 8.15. The summed E-state index contributed by atoms with van der Waals surface area (Å²) in [5, 5.41) is 9.48. The first kappa shape index (κ1) is 17.0. The molecule has 128 valence electrons. The number of aromatic nitrogens is 1. The van der Waals surface area contributed by atoms with Crippen LogP contribution in [0.3, 0.4) is 0 Å². The fourth-order valence-corrected chi connectivity index (χ4v) is 2.51. The minimum Gasteiger partial charge on any atom is -0.481 e. The van der Waals surface area contributed by atoms with E-state index in [9.17, 15) is 4.79 Å². The lowest BCUT2D eigenvalue weighted by Crippen LogP contribution is -1.99. The van der Waals surface area contributed by atoms with E-state index >= 15 is 0 Å². The molecule has 0 bridgehead atoms. The number of carbonyl (C=O) groups is 1. The Kier molecular flexibility index (Phi) is 5.05. The highest BCUT2D eigenvalue weighted by Crippen LogP contribution is 2.35. The van der Waals surface area contributed by atoms with Crippen LogP contribution in [0.25, 0.3) is 22.7 Å². The van der Waals surface area contributed by atoms with E-state index in [2.05, 4.69) is 4.98 Å². The van der Waals surface area contributed by atoms with Gasteiger partial charge in [-0.2, -0.15) is 0 Å².